The molecule has 9 atom stereocenters. The second-order valence-electron chi connectivity index (χ2n) is 16.8. The molecule has 0 aliphatic heterocycles. The standard InChI is InChI=1S/C35H66N2.2C3H9NO/c1-5-6-7-8-13-24-37-25-14-15-27(2)30-18-19-31-33-28(16-10-12-23-36)26-29-17-9-11-21-34(29,3)32(33)20-22-35(30,31)4;2*4-2-1-3-5/h27-33,37H,5-26,36H2,1-4H3;2*5H,1-4H2/t27-,28-,29?,30?,31?,32?,33?,34?,35?;;/m1../s1. The summed E-state index contributed by atoms with van der Waals surface area (Å²) in [4.78, 5) is 0. The quantitative estimate of drug-likeness (QED) is 0.0776. The fourth-order valence-corrected chi connectivity index (χ4v) is 11.2. The van der Waals surface area contributed by atoms with Crippen LogP contribution in [0.1, 0.15) is 163 Å². The van der Waals surface area contributed by atoms with E-state index in [0.717, 1.165) is 60.8 Å². The van der Waals surface area contributed by atoms with E-state index in [1.807, 2.05) is 0 Å². The molecule has 0 amide bonds. The molecule has 0 saturated heterocycles. The van der Waals surface area contributed by atoms with E-state index in [1.54, 1.807) is 12.8 Å². The minimum absolute atomic E-state index is 0.219. The summed E-state index contributed by atoms with van der Waals surface area (Å²) in [6.45, 7) is 15.5. The summed E-state index contributed by atoms with van der Waals surface area (Å²) in [5, 5.41) is 19.7. The molecular formula is C41H84N4O2. The first-order valence-corrected chi connectivity index (χ1v) is 20.8. The molecule has 0 aromatic carbocycles. The highest BCUT2D eigenvalue weighted by molar-refractivity contribution is 5.11. The largest absolute Gasteiger partial charge is 0.396 e. The average Bonchev–Trinajstić information content (AvgIpc) is 3.42. The van der Waals surface area contributed by atoms with E-state index >= 15 is 0 Å². The zero-order chi connectivity index (χ0) is 34.5. The molecule has 4 aliphatic rings. The van der Waals surface area contributed by atoms with Gasteiger partial charge in [0.15, 0.2) is 0 Å². The predicted octanol–water partition coefficient (Wildman–Crippen LogP) is 8.02. The Kier molecular flexibility index (Phi) is 22.0. The van der Waals surface area contributed by atoms with Gasteiger partial charge in [-0.2, -0.15) is 0 Å². The maximum atomic E-state index is 7.99. The summed E-state index contributed by atoms with van der Waals surface area (Å²) in [5.41, 5.74) is 17.2. The summed E-state index contributed by atoms with van der Waals surface area (Å²) in [6, 6.07) is 0. The molecule has 7 unspecified atom stereocenters. The van der Waals surface area contributed by atoms with Gasteiger partial charge >= 0.3 is 0 Å². The number of hydrogen-bond donors (Lipinski definition) is 6. The molecule has 6 nitrogen and oxygen atoms in total. The number of rotatable bonds is 19. The van der Waals surface area contributed by atoms with Crippen molar-refractivity contribution in [3.05, 3.63) is 0 Å². The van der Waals surface area contributed by atoms with Crippen molar-refractivity contribution < 1.29 is 10.2 Å². The first-order chi connectivity index (χ1) is 22.8. The van der Waals surface area contributed by atoms with Crippen LogP contribution >= 0.6 is 0 Å². The van der Waals surface area contributed by atoms with Crippen molar-refractivity contribution in [2.75, 3.05) is 45.9 Å². The number of nitrogens with one attached hydrogen (secondary N) is 1. The van der Waals surface area contributed by atoms with Gasteiger partial charge in [-0.15, -0.1) is 0 Å². The van der Waals surface area contributed by atoms with E-state index in [2.05, 4.69) is 33.0 Å². The van der Waals surface area contributed by atoms with Gasteiger partial charge in [0, 0.05) is 13.2 Å². The molecule has 0 spiro atoms. The Morgan fingerprint density at radius 1 is 0.702 bits per heavy atom. The molecule has 0 aromatic heterocycles. The van der Waals surface area contributed by atoms with Crippen LogP contribution < -0.4 is 22.5 Å². The van der Waals surface area contributed by atoms with Crippen molar-refractivity contribution in [3.63, 3.8) is 0 Å². The van der Waals surface area contributed by atoms with Crippen LogP contribution in [0.3, 0.4) is 0 Å². The SMILES string of the molecule is CCCCCCCNCCC[C@@H](C)C1CCC2C3C(CCC21C)C1(C)CCCCC1C[C@H]3CCCCN.NCCCO.NCCCO. The Morgan fingerprint density at radius 2 is 1.36 bits per heavy atom. The van der Waals surface area contributed by atoms with E-state index in [1.165, 1.54) is 122 Å². The lowest BCUT2D eigenvalue weighted by molar-refractivity contribution is -0.142. The summed E-state index contributed by atoms with van der Waals surface area (Å²) < 4.78 is 0. The van der Waals surface area contributed by atoms with Crippen LogP contribution in [0.25, 0.3) is 0 Å². The molecule has 6 heteroatoms. The molecular weight excluding hydrogens is 580 g/mol. The molecule has 0 bridgehead atoms. The minimum Gasteiger partial charge on any atom is -0.396 e. The molecule has 4 saturated carbocycles. The minimum atomic E-state index is 0.219. The number of aliphatic hydroxyl groups excluding tert-OH is 2. The highest BCUT2D eigenvalue weighted by Gasteiger charge is 2.62. The van der Waals surface area contributed by atoms with Crippen LogP contribution in [0.5, 0.6) is 0 Å². The highest BCUT2D eigenvalue weighted by atomic mass is 16.3. The fourth-order valence-electron chi connectivity index (χ4n) is 11.2. The summed E-state index contributed by atoms with van der Waals surface area (Å²) >= 11 is 0. The molecule has 0 heterocycles. The maximum absolute atomic E-state index is 7.99. The molecule has 47 heavy (non-hydrogen) atoms. The third-order valence-electron chi connectivity index (χ3n) is 13.7. The van der Waals surface area contributed by atoms with Crippen LogP contribution in [0.4, 0.5) is 0 Å². The lowest BCUT2D eigenvalue weighted by atomic mass is 9.42. The Morgan fingerprint density at radius 3 is 2.00 bits per heavy atom. The topological polar surface area (TPSA) is 131 Å². The first kappa shape index (κ1) is 42.9. The molecule has 4 rings (SSSR count). The zero-order valence-electron chi connectivity index (χ0n) is 32.0. The summed E-state index contributed by atoms with van der Waals surface area (Å²) in [5.74, 6) is 6.91. The van der Waals surface area contributed by atoms with Crippen molar-refractivity contribution in [2.24, 2.45) is 69.5 Å². The first-order valence-electron chi connectivity index (χ1n) is 20.8. The van der Waals surface area contributed by atoms with Crippen LogP contribution in [-0.4, -0.2) is 56.2 Å². The third kappa shape index (κ3) is 12.8. The van der Waals surface area contributed by atoms with Gasteiger partial charge in [0.1, 0.15) is 0 Å². The monoisotopic (exact) mass is 665 g/mol. The van der Waals surface area contributed by atoms with Crippen LogP contribution in [0.15, 0.2) is 0 Å². The summed E-state index contributed by atoms with van der Waals surface area (Å²) in [7, 11) is 0. The highest BCUT2D eigenvalue weighted by Crippen LogP contribution is 2.70. The van der Waals surface area contributed by atoms with Crippen molar-refractivity contribution >= 4 is 0 Å². The van der Waals surface area contributed by atoms with Gasteiger partial charge in [-0.05, 0) is 168 Å². The Bertz CT molecular complexity index is 760. The van der Waals surface area contributed by atoms with Gasteiger partial charge in [-0.1, -0.05) is 79.1 Å². The van der Waals surface area contributed by atoms with Gasteiger partial charge < -0.3 is 32.7 Å². The number of fused-ring (bicyclic) bond motifs is 5. The molecule has 4 aliphatic carbocycles. The number of unbranched alkanes of at least 4 members (excludes halogenated alkanes) is 5. The Hall–Kier alpha value is -0.240. The van der Waals surface area contributed by atoms with Crippen molar-refractivity contribution in [1.82, 2.24) is 5.32 Å². The average molecular weight is 665 g/mol. The number of hydrogen-bond acceptors (Lipinski definition) is 6. The smallest absolute Gasteiger partial charge is 0.0443 e. The van der Waals surface area contributed by atoms with Crippen LogP contribution in [0.2, 0.25) is 0 Å². The molecule has 0 radical (unpaired) electrons. The third-order valence-corrected chi connectivity index (χ3v) is 13.7. The lowest BCUT2D eigenvalue weighted by Gasteiger charge is -2.63. The Labute approximate surface area is 292 Å². The summed E-state index contributed by atoms with van der Waals surface area (Å²) in [6.07, 6.45) is 29.1. The van der Waals surface area contributed by atoms with E-state index in [-0.39, 0.29) is 13.2 Å². The lowest BCUT2D eigenvalue weighted by Crippen LogP contribution is -2.56. The maximum Gasteiger partial charge on any atom is 0.0443 e. The number of aliphatic hydroxyl groups is 2. The van der Waals surface area contributed by atoms with Gasteiger partial charge in [0.25, 0.3) is 0 Å². The van der Waals surface area contributed by atoms with Gasteiger partial charge in [0.05, 0.1) is 0 Å². The van der Waals surface area contributed by atoms with E-state index in [9.17, 15) is 0 Å². The predicted molar refractivity (Wildman–Crippen MR) is 203 cm³/mol. The van der Waals surface area contributed by atoms with Crippen molar-refractivity contribution in [1.29, 1.82) is 0 Å². The van der Waals surface area contributed by atoms with Gasteiger partial charge in [0.2, 0.25) is 0 Å². The van der Waals surface area contributed by atoms with Crippen LogP contribution in [-0.2, 0) is 0 Å². The van der Waals surface area contributed by atoms with E-state index in [4.69, 9.17) is 27.4 Å². The Balaban J connectivity index is 0.000000670. The molecule has 0 aromatic rings. The second-order valence-corrected chi connectivity index (χ2v) is 16.8. The van der Waals surface area contributed by atoms with E-state index < -0.39 is 0 Å². The van der Waals surface area contributed by atoms with Gasteiger partial charge in [-0.25, -0.2) is 0 Å². The van der Waals surface area contributed by atoms with Crippen LogP contribution in [0, 0.1) is 52.3 Å². The van der Waals surface area contributed by atoms with Gasteiger partial charge in [-0.3, -0.25) is 0 Å². The molecule has 280 valence electrons. The fraction of sp³-hybridized carbons (Fsp3) is 1.00. The normalized spacial score (nSPS) is 33.4. The number of nitrogens with two attached hydrogens (primary N) is 3. The van der Waals surface area contributed by atoms with Crippen molar-refractivity contribution in [3.8, 4) is 0 Å². The van der Waals surface area contributed by atoms with E-state index in [0.29, 0.717) is 23.9 Å². The second kappa shape index (κ2) is 24.0. The zero-order valence-corrected chi connectivity index (χ0v) is 32.0. The molecule has 9 N–H and O–H groups in total. The van der Waals surface area contributed by atoms with Crippen molar-refractivity contribution in [2.45, 2.75) is 163 Å². The molecule has 4 fully saturated rings.